The van der Waals surface area contributed by atoms with E-state index in [0.717, 1.165) is 22.5 Å². The van der Waals surface area contributed by atoms with Gasteiger partial charge in [0.2, 0.25) is 0 Å². The van der Waals surface area contributed by atoms with Crippen molar-refractivity contribution < 1.29 is 9.18 Å². The van der Waals surface area contributed by atoms with E-state index in [2.05, 4.69) is 4.57 Å². The molecule has 3 nitrogen and oxygen atoms in total. The molecule has 0 radical (unpaired) electrons. The average Bonchev–Trinajstić information content (AvgIpc) is 2.91. The quantitative estimate of drug-likeness (QED) is 0.760. The fraction of sp³-hybridized carbons (Fsp3) is 0.150. The molecular formula is C20H19FN2O. The largest absolute Gasteiger partial charge is 0.366 e. The van der Waals surface area contributed by atoms with Gasteiger partial charge < -0.3 is 10.3 Å². The molecule has 1 aromatic heterocycles. The van der Waals surface area contributed by atoms with Gasteiger partial charge in [0.15, 0.2) is 0 Å². The van der Waals surface area contributed by atoms with Crippen molar-refractivity contribution in [1.29, 1.82) is 0 Å². The van der Waals surface area contributed by atoms with E-state index in [1.165, 1.54) is 12.1 Å². The molecule has 2 N–H and O–H groups in total. The van der Waals surface area contributed by atoms with E-state index in [1.54, 1.807) is 6.07 Å². The lowest BCUT2D eigenvalue weighted by molar-refractivity contribution is 0.0999. The smallest absolute Gasteiger partial charge is 0.250 e. The molecule has 0 unspecified atom stereocenters. The number of nitrogens with zero attached hydrogens (tertiary/aromatic N) is 1. The van der Waals surface area contributed by atoms with E-state index in [1.807, 2.05) is 49.4 Å². The first-order valence-electron chi connectivity index (χ1n) is 7.86. The van der Waals surface area contributed by atoms with Crippen LogP contribution in [0.2, 0.25) is 0 Å². The minimum Gasteiger partial charge on any atom is -0.366 e. The van der Waals surface area contributed by atoms with Crippen molar-refractivity contribution in [3.63, 3.8) is 0 Å². The second kappa shape index (κ2) is 6.71. The number of halogens is 1. The summed E-state index contributed by atoms with van der Waals surface area (Å²) < 4.78 is 15.4. The molecule has 0 aliphatic heterocycles. The minimum atomic E-state index is -0.436. The number of aryl methyl sites for hydroxylation is 1. The van der Waals surface area contributed by atoms with Crippen LogP contribution < -0.4 is 5.73 Å². The molecule has 3 rings (SSSR count). The summed E-state index contributed by atoms with van der Waals surface area (Å²) in [6, 6.07) is 18.3. The molecule has 0 spiro atoms. The van der Waals surface area contributed by atoms with Crippen molar-refractivity contribution in [3.8, 4) is 11.3 Å². The van der Waals surface area contributed by atoms with Crippen LogP contribution in [0, 0.1) is 12.7 Å². The Labute approximate surface area is 140 Å². The number of hydrogen-bond acceptors (Lipinski definition) is 1. The molecule has 122 valence electrons. The highest BCUT2D eigenvalue weighted by Gasteiger charge is 2.16. The third-order valence-corrected chi connectivity index (χ3v) is 4.21. The Hall–Kier alpha value is -2.88. The summed E-state index contributed by atoms with van der Waals surface area (Å²) in [6.45, 7) is 2.53. The van der Waals surface area contributed by atoms with Gasteiger partial charge in [-0.2, -0.15) is 0 Å². The number of carbonyl (C=O) groups excluding carboxylic acids is 1. The average molecular weight is 322 g/mol. The molecule has 3 aromatic rings. The molecule has 1 heterocycles. The van der Waals surface area contributed by atoms with Gasteiger partial charge in [-0.15, -0.1) is 0 Å². The summed E-state index contributed by atoms with van der Waals surface area (Å²) in [5.74, 6) is -0.674. The second-order valence-electron chi connectivity index (χ2n) is 5.79. The van der Waals surface area contributed by atoms with Crippen LogP contribution in [0.15, 0.2) is 60.7 Å². The zero-order chi connectivity index (χ0) is 17.1. The highest BCUT2D eigenvalue weighted by atomic mass is 19.1. The van der Waals surface area contributed by atoms with Crippen LogP contribution in [0.4, 0.5) is 4.39 Å². The fourth-order valence-corrected chi connectivity index (χ4v) is 2.96. The normalized spacial score (nSPS) is 10.8. The van der Waals surface area contributed by atoms with Gasteiger partial charge in [-0.05, 0) is 42.7 Å². The predicted octanol–water partition coefficient (Wildman–Crippen LogP) is 3.94. The molecule has 0 bridgehead atoms. The molecule has 4 heteroatoms. The van der Waals surface area contributed by atoms with Crippen molar-refractivity contribution in [3.05, 3.63) is 83.3 Å². The molecular weight excluding hydrogens is 303 g/mol. The third kappa shape index (κ3) is 3.23. The van der Waals surface area contributed by atoms with Gasteiger partial charge in [-0.1, -0.05) is 42.5 Å². The maximum Gasteiger partial charge on any atom is 0.250 e. The lowest BCUT2D eigenvalue weighted by Gasteiger charge is -2.12. The summed E-state index contributed by atoms with van der Waals surface area (Å²) in [4.78, 5) is 11.7. The Balaban J connectivity index is 1.97. The van der Waals surface area contributed by atoms with Gasteiger partial charge in [0.1, 0.15) is 5.82 Å². The topological polar surface area (TPSA) is 48.0 Å². The first kappa shape index (κ1) is 16.0. The minimum absolute atomic E-state index is 0.238. The maximum atomic E-state index is 13.4. The number of amides is 1. The zero-order valence-electron chi connectivity index (χ0n) is 13.5. The fourth-order valence-electron chi connectivity index (χ4n) is 2.96. The number of nitrogens with two attached hydrogens (primary N) is 1. The Bertz CT molecular complexity index is 869. The van der Waals surface area contributed by atoms with Crippen molar-refractivity contribution in [2.45, 2.75) is 19.9 Å². The van der Waals surface area contributed by atoms with Crippen LogP contribution in [0.5, 0.6) is 0 Å². The van der Waals surface area contributed by atoms with Gasteiger partial charge in [0, 0.05) is 17.9 Å². The number of rotatable bonds is 5. The summed E-state index contributed by atoms with van der Waals surface area (Å²) >= 11 is 0. The third-order valence-electron chi connectivity index (χ3n) is 4.21. The Morgan fingerprint density at radius 2 is 1.83 bits per heavy atom. The van der Waals surface area contributed by atoms with Gasteiger partial charge >= 0.3 is 0 Å². The Morgan fingerprint density at radius 3 is 2.50 bits per heavy atom. The van der Waals surface area contributed by atoms with Gasteiger partial charge in [0.05, 0.1) is 5.56 Å². The van der Waals surface area contributed by atoms with Crippen molar-refractivity contribution >= 4 is 5.91 Å². The van der Waals surface area contributed by atoms with Crippen LogP contribution >= 0.6 is 0 Å². The summed E-state index contributed by atoms with van der Waals surface area (Å²) in [5.41, 5.74) is 9.74. The number of benzene rings is 2. The molecule has 0 fully saturated rings. The highest BCUT2D eigenvalue weighted by molar-refractivity contribution is 5.95. The lowest BCUT2D eigenvalue weighted by Crippen LogP contribution is -2.13. The Morgan fingerprint density at radius 1 is 1.08 bits per heavy atom. The van der Waals surface area contributed by atoms with Crippen molar-refractivity contribution in [2.75, 3.05) is 0 Å². The Kier molecular flexibility index (Phi) is 4.47. The van der Waals surface area contributed by atoms with E-state index in [4.69, 9.17) is 5.73 Å². The lowest BCUT2D eigenvalue weighted by atomic mass is 10.1. The molecule has 0 aliphatic rings. The van der Waals surface area contributed by atoms with E-state index in [-0.39, 0.29) is 5.82 Å². The molecule has 2 aromatic carbocycles. The van der Waals surface area contributed by atoms with Crippen LogP contribution in [0.3, 0.4) is 0 Å². The standard InChI is InChI=1S/C20H19FN2O/c1-14-18(20(22)24)13-19(16-7-3-2-4-8-16)23(14)11-10-15-6-5-9-17(21)12-15/h2-9,12-13H,10-11H2,1H3,(H2,22,24). The van der Waals surface area contributed by atoms with Gasteiger partial charge in [-0.25, -0.2) is 4.39 Å². The maximum absolute atomic E-state index is 13.4. The van der Waals surface area contributed by atoms with Gasteiger partial charge in [-0.3, -0.25) is 4.79 Å². The molecule has 0 saturated carbocycles. The summed E-state index contributed by atoms with van der Waals surface area (Å²) in [6.07, 6.45) is 0.672. The molecule has 0 aliphatic carbocycles. The SMILES string of the molecule is Cc1c(C(N)=O)cc(-c2ccccc2)n1CCc1cccc(F)c1. The van der Waals surface area contributed by atoms with E-state index >= 15 is 0 Å². The van der Waals surface area contributed by atoms with Crippen LogP contribution in [0.25, 0.3) is 11.3 Å². The number of carbonyl (C=O) groups is 1. The second-order valence-corrected chi connectivity index (χ2v) is 5.79. The van der Waals surface area contributed by atoms with Crippen LogP contribution in [-0.2, 0) is 13.0 Å². The number of aromatic nitrogens is 1. The van der Waals surface area contributed by atoms with E-state index in [9.17, 15) is 9.18 Å². The van der Waals surface area contributed by atoms with Crippen LogP contribution in [-0.4, -0.2) is 10.5 Å². The van der Waals surface area contributed by atoms with Crippen molar-refractivity contribution in [1.82, 2.24) is 4.57 Å². The van der Waals surface area contributed by atoms with Gasteiger partial charge in [0.25, 0.3) is 5.91 Å². The number of hydrogen-bond donors (Lipinski definition) is 1. The molecule has 24 heavy (non-hydrogen) atoms. The molecule has 0 saturated heterocycles. The molecule has 0 atom stereocenters. The zero-order valence-corrected chi connectivity index (χ0v) is 13.5. The first-order valence-corrected chi connectivity index (χ1v) is 7.86. The summed E-state index contributed by atoms with van der Waals surface area (Å²) in [5, 5.41) is 0. The molecule has 1 amide bonds. The monoisotopic (exact) mass is 322 g/mol. The summed E-state index contributed by atoms with van der Waals surface area (Å²) in [7, 11) is 0. The van der Waals surface area contributed by atoms with Crippen molar-refractivity contribution in [2.24, 2.45) is 5.73 Å². The van der Waals surface area contributed by atoms with E-state index < -0.39 is 5.91 Å². The first-order chi connectivity index (χ1) is 11.6. The predicted molar refractivity (Wildman–Crippen MR) is 93.2 cm³/mol. The number of primary amides is 1. The van der Waals surface area contributed by atoms with E-state index in [0.29, 0.717) is 18.5 Å². The van der Waals surface area contributed by atoms with Crippen LogP contribution in [0.1, 0.15) is 21.6 Å². The highest BCUT2D eigenvalue weighted by Crippen LogP contribution is 2.26.